The Balaban J connectivity index is 2.59. The van der Waals surface area contributed by atoms with Gasteiger partial charge in [0, 0.05) is 28.1 Å². The minimum Gasteiger partial charge on any atom is -0.264 e. The van der Waals surface area contributed by atoms with E-state index in [4.69, 9.17) is 5.53 Å². The summed E-state index contributed by atoms with van der Waals surface area (Å²) in [6, 6.07) is 1.74. The van der Waals surface area contributed by atoms with Gasteiger partial charge in [-0.15, -0.1) is 14.8 Å². The molecular formula is C7H3N9. The lowest BCUT2D eigenvalue weighted by molar-refractivity contribution is 0.737. The van der Waals surface area contributed by atoms with E-state index >= 15 is 0 Å². The van der Waals surface area contributed by atoms with Crippen LogP contribution in [-0.4, -0.2) is 30.2 Å². The summed E-state index contributed by atoms with van der Waals surface area (Å²) < 4.78 is 1.21. The van der Waals surface area contributed by atoms with Crippen LogP contribution >= 0.6 is 0 Å². The maximum Gasteiger partial charge on any atom is 0.207 e. The second-order valence-electron chi connectivity index (χ2n) is 2.93. The molecule has 0 spiro atoms. The van der Waals surface area contributed by atoms with E-state index in [1.165, 1.54) is 4.63 Å². The largest absolute Gasteiger partial charge is 0.264 e. The van der Waals surface area contributed by atoms with E-state index < -0.39 is 0 Å². The molecule has 0 bridgehead atoms. The van der Waals surface area contributed by atoms with Gasteiger partial charge in [-0.1, -0.05) is 0 Å². The van der Waals surface area contributed by atoms with Gasteiger partial charge in [0.1, 0.15) is 0 Å². The Morgan fingerprint density at radius 1 is 1.38 bits per heavy atom. The van der Waals surface area contributed by atoms with Crippen LogP contribution in [0.4, 0.5) is 5.82 Å². The summed E-state index contributed by atoms with van der Waals surface area (Å²) in [5, 5.41) is 19.8. The van der Waals surface area contributed by atoms with Crippen LogP contribution in [-0.2, 0) is 0 Å². The van der Waals surface area contributed by atoms with Crippen molar-refractivity contribution in [2.24, 2.45) is 5.11 Å². The van der Waals surface area contributed by atoms with E-state index in [0.717, 1.165) is 5.39 Å². The molecule has 16 heavy (non-hydrogen) atoms. The molecule has 0 unspecified atom stereocenters. The van der Waals surface area contributed by atoms with E-state index in [1.807, 2.05) is 0 Å². The zero-order valence-corrected chi connectivity index (χ0v) is 7.76. The van der Waals surface area contributed by atoms with Gasteiger partial charge in [0.15, 0.2) is 5.82 Å². The second kappa shape index (κ2) is 3.11. The number of rotatable bonds is 1. The first-order chi connectivity index (χ1) is 7.90. The van der Waals surface area contributed by atoms with Crippen molar-refractivity contribution in [2.75, 3.05) is 0 Å². The Hall–Kier alpha value is -2.80. The highest BCUT2D eigenvalue weighted by Crippen LogP contribution is 2.24. The number of aromatic nitrogens is 6. The molecule has 0 aliphatic carbocycles. The molecular weight excluding hydrogens is 210 g/mol. The fraction of sp³-hybridized carbons (Fsp3) is 0. The lowest BCUT2D eigenvalue weighted by Crippen LogP contribution is -1.95. The highest BCUT2D eigenvalue weighted by molar-refractivity contribution is 5.98. The van der Waals surface area contributed by atoms with Crippen LogP contribution in [0.3, 0.4) is 0 Å². The van der Waals surface area contributed by atoms with Gasteiger partial charge in [-0.05, 0) is 27.1 Å². The summed E-state index contributed by atoms with van der Waals surface area (Å²) in [5.41, 5.74) is 8.93. The summed E-state index contributed by atoms with van der Waals surface area (Å²) in [7, 11) is 0. The van der Waals surface area contributed by atoms with Crippen molar-refractivity contribution in [3.63, 3.8) is 0 Å². The average molecular weight is 213 g/mol. The third-order valence-corrected chi connectivity index (χ3v) is 2.09. The Bertz CT molecular complexity index is 723. The van der Waals surface area contributed by atoms with E-state index in [1.54, 1.807) is 18.5 Å². The summed E-state index contributed by atoms with van der Waals surface area (Å²) in [6.45, 7) is 0. The van der Waals surface area contributed by atoms with Crippen molar-refractivity contribution >= 4 is 22.2 Å². The molecule has 9 heteroatoms. The first-order valence-electron chi connectivity index (χ1n) is 4.27. The predicted molar refractivity (Wildman–Crippen MR) is 52.7 cm³/mol. The number of azide groups is 1. The third-order valence-electron chi connectivity index (χ3n) is 2.09. The second-order valence-corrected chi connectivity index (χ2v) is 2.93. The van der Waals surface area contributed by atoms with Crippen LogP contribution in [0.25, 0.3) is 26.9 Å². The van der Waals surface area contributed by atoms with Gasteiger partial charge in [0.05, 0.1) is 0 Å². The quantitative estimate of drug-likeness (QED) is 0.339. The smallest absolute Gasteiger partial charge is 0.207 e. The SMILES string of the molecule is [N-]=[N+]=Nc1nn2nnnc2c2ccncc12. The Morgan fingerprint density at radius 3 is 3.19 bits per heavy atom. The minimum absolute atomic E-state index is 0.199. The number of nitrogens with zero attached hydrogens (tertiary/aromatic N) is 9. The summed E-state index contributed by atoms with van der Waals surface area (Å²) >= 11 is 0. The zero-order chi connectivity index (χ0) is 11.0. The molecule has 3 rings (SSSR count). The molecule has 0 fully saturated rings. The van der Waals surface area contributed by atoms with Crippen LogP contribution in [0.5, 0.6) is 0 Å². The van der Waals surface area contributed by atoms with Crippen molar-refractivity contribution in [1.29, 1.82) is 0 Å². The molecule has 0 saturated carbocycles. The Morgan fingerprint density at radius 2 is 2.31 bits per heavy atom. The first kappa shape index (κ1) is 8.50. The number of pyridine rings is 1. The lowest BCUT2D eigenvalue weighted by Gasteiger charge is -1.99. The molecule has 0 radical (unpaired) electrons. The van der Waals surface area contributed by atoms with Crippen molar-refractivity contribution in [3.05, 3.63) is 28.9 Å². The number of hydrogen-bond acceptors (Lipinski definition) is 6. The van der Waals surface area contributed by atoms with Gasteiger partial charge in [0.2, 0.25) is 5.65 Å². The summed E-state index contributed by atoms with van der Waals surface area (Å²) in [6.07, 6.45) is 3.16. The predicted octanol–water partition coefficient (Wildman–Crippen LogP) is 1.01. The Kier molecular flexibility index (Phi) is 1.65. The van der Waals surface area contributed by atoms with Gasteiger partial charge < -0.3 is 0 Å². The van der Waals surface area contributed by atoms with Crippen LogP contribution in [0.2, 0.25) is 0 Å². The topological polar surface area (TPSA) is 118 Å². The van der Waals surface area contributed by atoms with Crippen molar-refractivity contribution < 1.29 is 0 Å². The standard InChI is InChI=1S/C7H3N9/c8-13-10-6-5-3-9-2-1-4(5)7-11-14-15-16(7)12-6/h1-3H. The number of tetrazole rings is 1. The highest BCUT2D eigenvalue weighted by atomic mass is 15.6. The van der Waals surface area contributed by atoms with Crippen LogP contribution in [0.1, 0.15) is 0 Å². The first-order valence-corrected chi connectivity index (χ1v) is 4.27. The monoisotopic (exact) mass is 213 g/mol. The molecule has 3 aromatic rings. The van der Waals surface area contributed by atoms with Crippen molar-refractivity contribution in [2.45, 2.75) is 0 Å². The molecule has 3 aromatic heterocycles. The summed E-state index contributed by atoms with van der Waals surface area (Å²) in [5.74, 6) is 0.199. The van der Waals surface area contributed by atoms with Gasteiger partial charge in [-0.25, -0.2) is 0 Å². The van der Waals surface area contributed by atoms with E-state index in [2.05, 4.69) is 35.6 Å². The molecule has 0 aliphatic rings. The van der Waals surface area contributed by atoms with Crippen molar-refractivity contribution in [3.8, 4) is 0 Å². The van der Waals surface area contributed by atoms with Gasteiger partial charge in [-0.2, -0.15) is 0 Å². The third kappa shape index (κ3) is 1.06. The number of hydrogen-bond donors (Lipinski definition) is 0. The van der Waals surface area contributed by atoms with Crippen LogP contribution < -0.4 is 0 Å². The average Bonchev–Trinajstić information content (AvgIpc) is 2.78. The normalized spacial score (nSPS) is 10.5. The van der Waals surface area contributed by atoms with Crippen LogP contribution in [0.15, 0.2) is 23.6 Å². The van der Waals surface area contributed by atoms with E-state index in [0.29, 0.717) is 11.0 Å². The van der Waals surface area contributed by atoms with Crippen LogP contribution in [0, 0.1) is 0 Å². The molecule has 3 heterocycles. The maximum atomic E-state index is 8.44. The molecule has 76 valence electrons. The fourth-order valence-corrected chi connectivity index (χ4v) is 1.44. The Labute approximate surface area is 87.3 Å². The summed E-state index contributed by atoms with van der Waals surface area (Å²) in [4.78, 5) is 6.65. The lowest BCUT2D eigenvalue weighted by atomic mass is 10.2. The van der Waals surface area contributed by atoms with E-state index in [9.17, 15) is 0 Å². The fourth-order valence-electron chi connectivity index (χ4n) is 1.44. The maximum absolute atomic E-state index is 8.44. The van der Waals surface area contributed by atoms with Gasteiger partial charge in [-0.3, -0.25) is 4.98 Å². The molecule has 0 aliphatic heterocycles. The molecule has 0 saturated heterocycles. The molecule has 0 atom stereocenters. The molecule has 0 amide bonds. The number of fused-ring (bicyclic) bond motifs is 3. The van der Waals surface area contributed by atoms with Gasteiger partial charge >= 0.3 is 0 Å². The highest BCUT2D eigenvalue weighted by Gasteiger charge is 2.09. The molecule has 0 N–H and O–H groups in total. The van der Waals surface area contributed by atoms with Crippen molar-refractivity contribution in [1.82, 2.24) is 30.2 Å². The minimum atomic E-state index is 0.199. The van der Waals surface area contributed by atoms with E-state index in [-0.39, 0.29) is 5.82 Å². The van der Waals surface area contributed by atoms with Gasteiger partial charge in [0.25, 0.3) is 0 Å². The molecule has 0 aromatic carbocycles. The molecule has 9 nitrogen and oxygen atoms in total. The zero-order valence-electron chi connectivity index (χ0n) is 7.76.